The molecule has 0 saturated carbocycles. The van der Waals surface area contributed by atoms with E-state index in [4.69, 9.17) is 0 Å². The second-order valence-electron chi connectivity index (χ2n) is 1.61. The fourth-order valence-corrected chi connectivity index (χ4v) is 0.498. The molecule has 1 heterocycles. The Kier molecular flexibility index (Phi) is 1.80. The summed E-state index contributed by atoms with van der Waals surface area (Å²) in [6.45, 7) is -0.167. The van der Waals surface area contributed by atoms with E-state index in [-0.39, 0.29) is 6.61 Å². The number of ether oxygens (including phenoxy) is 2. The molecule has 0 aliphatic carbocycles. The monoisotopic (exact) mass is 155 g/mol. The maximum Gasteiger partial charge on any atom is 0.524 e. The fraction of sp³-hybridized carbons (Fsp3) is 0.750. The smallest absolute Gasteiger partial charge is 0.479 e. The average Bonchev–Trinajstić information content (AvgIpc) is 2.12. The molecule has 1 unspecified atom stereocenters. The van der Waals surface area contributed by atoms with Crippen LogP contribution in [0.15, 0.2) is 4.99 Å². The molecule has 1 atom stereocenters. The number of aliphatic imine (C=N–C) groups is 1. The van der Waals surface area contributed by atoms with E-state index >= 15 is 0 Å². The SMILES string of the molecule is FC(F)(F)OC1COC=N1. The Labute approximate surface area is 54.4 Å². The molecule has 0 aromatic carbocycles. The van der Waals surface area contributed by atoms with Gasteiger partial charge in [-0.2, -0.15) is 0 Å². The summed E-state index contributed by atoms with van der Waals surface area (Å²) >= 11 is 0. The summed E-state index contributed by atoms with van der Waals surface area (Å²) in [4.78, 5) is 3.23. The van der Waals surface area contributed by atoms with Gasteiger partial charge in [0.15, 0.2) is 12.6 Å². The van der Waals surface area contributed by atoms with Gasteiger partial charge in [0, 0.05) is 0 Å². The van der Waals surface area contributed by atoms with Crippen molar-refractivity contribution < 1.29 is 22.6 Å². The summed E-state index contributed by atoms with van der Waals surface area (Å²) in [6, 6.07) is 0. The second kappa shape index (κ2) is 2.45. The third-order valence-corrected chi connectivity index (χ3v) is 0.810. The van der Waals surface area contributed by atoms with Crippen molar-refractivity contribution in [1.82, 2.24) is 0 Å². The van der Waals surface area contributed by atoms with Crippen LogP contribution in [0.25, 0.3) is 0 Å². The van der Waals surface area contributed by atoms with Gasteiger partial charge >= 0.3 is 6.36 Å². The van der Waals surface area contributed by atoms with Crippen molar-refractivity contribution >= 4 is 6.40 Å². The second-order valence-corrected chi connectivity index (χ2v) is 1.61. The Balaban J connectivity index is 2.31. The van der Waals surface area contributed by atoms with Gasteiger partial charge in [-0.3, -0.25) is 4.74 Å². The molecule has 0 saturated heterocycles. The quantitative estimate of drug-likeness (QED) is 0.563. The highest BCUT2D eigenvalue weighted by Crippen LogP contribution is 2.20. The Bertz CT molecular complexity index is 144. The van der Waals surface area contributed by atoms with E-state index in [9.17, 15) is 13.2 Å². The first kappa shape index (κ1) is 7.33. The molecule has 0 bridgehead atoms. The van der Waals surface area contributed by atoms with Gasteiger partial charge in [0.25, 0.3) is 0 Å². The van der Waals surface area contributed by atoms with Crippen molar-refractivity contribution in [1.29, 1.82) is 0 Å². The van der Waals surface area contributed by atoms with Crippen molar-refractivity contribution in [3.8, 4) is 0 Å². The highest BCUT2D eigenvalue weighted by atomic mass is 19.4. The van der Waals surface area contributed by atoms with Gasteiger partial charge in [0.05, 0.1) is 0 Å². The Morgan fingerprint density at radius 3 is 2.70 bits per heavy atom. The van der Waals surface area contributed by atoms with E-state index in [1.54, 1.807) is 0 Å². The summed E-state index contributed by atoms with van der Waals surface area (Å²) in [6.07, 6.45) is -4.91. The lowest BCUT2D eigenvalue weighted by Crippen LogP contribution is -2.23. The van der Waals surface area contributed by atoms with Crippen LogP contribution in [0.5, 0.6) is 0 Å². The summed E-state index contributed by atoms with van der Waals surface area (Å²) in [7, 11) is 0. The molecule has 6 heteroatoms. The van der Waals surface area contributed by atoms with Crippen LogP contribution >= 0.6 is 0 Å². The summed E-state index contributed by atoms with van der Waals surface area (Å²) in [5, 5.41) is 0. The molecular weight excluding hydrogens is 151 g/mol. The summed E-state index contributed by atoms with van der Waals surface area (Å²) in [5.41, 5.74) is 0. The average molecular weight is 155 g/mol. The number of halogens is 3. The van der Waals surface area contributed by atoms with E-state index < -0.39 is 12.6 Å². The zero-order valence-electron chi connectivity index (χ0n) is 4.76. The van der Waals surface area contributed by atoms with Crippen LogP contribution in [0.1, 0.15) is 0 Å². The normalized spacial score (nSPS) is 24.9. The van der Waals surface area contributed by atoms with Crippen LogP contribution in [0.2, 0.25) is 0 Å². The molecule has 0 aromatic heterocycles. The zero-order chi connectivity index (χ0) is 7.61. The lowest BCUT2D eigenvalue weighted by Gasteiger charge is -2.09. The highest BCUT2D eigenvalue weighted by molar-refractivity contribution is 5.48. The zero-order valence-corrected chi connectivity index (χ0v) is 4.76. The Morgan fingerprint density at radius 1 is 1.60 bits per heavy atom. The van der Waals surface area contributed by atoms with Crippen LogP contribution in [0, 0.1) is 0 Å². The highest BCUT2D eigenvalue weighted by Gasteiger charge is 2.34. The topological polar surface area (TPSA) is 30.8 Å². The molecule has 1 aliphatic heterocycles. The van der Waals surface area contributed by atoms with Gasteiger partial charge in [0.2, 0.25) is 0 Å². The van der Waals surface area contributed by atoms with E-state index in [2.05, 4.69) is 14.5 Å². The molecule has 0 amide bonds. The molecule has 0 radical (unpaired) electrons. The lowest BCUT2D eigenvalue weighted by molar-refractivity contribution is -0.341. The van der Waals surface area contributed by atoms with E-state index in [1.807, 2.05) is 0 Å². The summed E-state index contributed by atoms with van der Waals surface area (Å²) < 4.78 is 41.9. The third-order valence-electron chi connectivity index (χ3n) is 0.810. The molecule has 0 N–H and O–H groups in total. The van der Waals surface area contributed by atoms with Gasteiger partial charge in [-0.1, -0.05) is 0 Å². The minimum absolute atomic E-state index is 0.167. The molecular formula is C4H4F3NO2. The fourth-order valence-electron chi connectivity index (χ4n) is 0.498. The van der Waals surface area contributed by atoms with Crippen molar-refractivity contribution in [2.75, 3.05) is 6.61 Å². The molecule has 1 rings (SSSR count). The van der Waals surface area contributed by atoms with Crippen LogP contribution < -0.4 is 0 Å². The predicted molar refractivity (Wildman–Crippen MR) is 25.4 cm³/mol. The number of alkyl halides is 3. The van der Waals surface area contributed by atoms with Gasteiger partial charge in [-0.25, -0.2) is 4.99 Å². The first-order valence-corrected chi connectivity index (χ1v) is 2.46. The van der Waals surface area contributed by atoms with Crippen LogP contribution in [-0.2, 0) is 9.47 Å². The number of nitrogens with zero attached hydrogens (tertiary/aromatic N) is 1. The van der Waals surface area contributed by atoms with Gasteiger partial charge in [-0.15, -0.1) is 13.2 Å². The standard InChI is InChI=1S/C4H4F3NO2/c5-4(6,7)10-3-1-9-2-8-3/h2-3H,1H2. The van der Waals surface area contributed by atoms with Crippen molar-refractivity contribution in [2.24, 2.45) is 4.99 Å². The van der Waals surface area contributed by atoms with Gasteiger partial charge < -0.3 is 4.74 Å². The minimum Gasteiger partial charge on any atom is -0.479 e. The molecule has 0 fully saturated rings. The van der Waals surface area contributed by atoms with Crippen molar-refractivity contribution in [3.05, 3.63) is 0 Å². The van der Waals surface area contributed by atoms with Crippen LogP contribution in [-0.4, -0.2) is 25.6 Å². The molecule has 0 spiro atoms. The largest absolute Gasteiger partial charge is 0.524 e. The first-order chi connectivity index (χ1) is 4.58. The first-order valence-electron chi connectivity index (χ1n) is 2.46. The molecule has 0 aromatic rings. The van der Waals surface area contributed by atoms with E-state index in [0.717, 1.165) is 6.40 Å². The van der Waals surface area contributed by atoms with E-state index in [1.165, 1.54) is 0 Å². The van der Waals surface area contributed by atoms with Crippen LogP contribution in [0.3, 0.4) is 0 Å². The number of hydrogen-bond acceptors (Lipinski definition) is 3. The van der Waals surface area contributed by atoms with Gasteiger partial charge in [-0.05, 0) is 0 Å². The molecule has 1 aliphatic rings. The predicted octanol–water partition coefficient (Wildman–Crippen LogP) is 0.907. The third kappa shape index (κ3) is 2.22. The molecule has 10 heavy (non-hydrogen) atoms. The van der Waals surface area contributed by atoms with Crippen molar-refractivity contribution in [2.45, 2.75) is 12.6 Å². The maximum atomic E-state index is 11.4. The summed E-state index contributed by atoms with van der Waals surface area (Å²) in [5.74, 6) is 0. The minimum atomic E-state index is -4.63. The molecule has 58 valence electrons. The molecule has 3 nitrogen and oxygen atoms in total. The number of hydrogen-bond donors (Lipinski definition) is 0. The Morgan fingerprint density at radius 2 is 2.30 bits per heavy atom. The van der Waals surface area contributed by atoms with Gasteiger partial charge in [0.1, 0.15) is 6.61 Å². The van der Waals surface area contributed by atoms with Crippen molar-refractivity contribution in [3.63, 3.8) is 0 Å². The van der Waals surface area contributed by atoms with E-state index in [0.29, 0.717) is 0 Å². The Hall–Kier alpha value is -0.780. The number of rotatable bonds is 1. The maximum absolute atomic E-state index is 11.4. The lowest BCUT2D eigenvalue weighted by atomic mass is 10.6. The van der Waals surface area contributed by atoms with Crippen LogP contribution in [0.4, 0.5) is 13.2 Å².